The largest absolute Gasteiger partial charge is 0.453 e. The molecule has 0 unspecified atom stereocenters. The normalized spacial score (nSPS) is 15.6. The molecule has 1 aliphatic rings. The molecule has 148 valence electrons. The molecule has 9 heteroatoms. The summed E-state index contributed by atoms with van der Waals surface area (Å²) in [4.78, 5) is 27.4. The van der Waals surface area contributed by atoms with Gasteiger partial charge in [-0.25, -0.2) is 17.9 Å². The second-order valence-corrected chi connectivity index (χ2v) is 7.81. The van der Waals surface area contributed by atoms with Crippen LogP contribution in [0.4, 0.5) is 4.79 Å². The number of rotatable bonds is 5. The minimum absolute atomic E-state index is 0.147. The number of hydrogen-bond acceptors (Lipinski definition) is 5. The van der Waals surface area contributed by atoms with Crippen LogP contribution in [0.2, 0.25) is 0 Å². The van der Waals surface area contributed by atoms with Crippen molar-refractivity contribution in [3.63, 3.8) is 0 Å². The quantitative estimate of drug-likeness (QED) is 0.758. The average Bonchev–Trinajstić information content (AvgIpc) is 2.92. The first kappa shape index (κ1) is 20.9. The standard InChI is InChI=1S/C18H25N3O5S/c1-3-19-27(24,25)16-8-5-15(6-9-16)7-10-17(22)20-11-4-12-21(14-13-20)18(23)26-2/h5-10,19H,3-4,11-14H2,1-2H3/b10-7+. The average molecular weight is 395 g/mol. The van der Waals surface area contributed by atoms with Gasteiger partial charge in [0.1, 0.15) is 0 Å². The summed E-state index contributed by atoms with van der Waals surface area (Å²) in [7, 11) is -2.14. The lowest BCUT2D eigenvalue weighted by Gasteiger charge is -2.20. The van der Waals surface area contributed by atoms with Crippen molar-refractivity contribution in [2.24, 2.45) is 0 Å². The molecular formula is C18H25N3O5S. The van der Waals surface area contributed by atoms with Gasteiger partial charge in [-0.1, -0.05) is 19.1 Å². The van der Waals surface area contributed by atoms with Crippen LogP contribution in [0.3, 0.4) is 0 Å². The molecule has 2 amide bonds. The van der Waals surface area contributed by atoms with E-state index in [1.807, 2.05) is 0 Å². The monoisotopic (exact) mass is 395 g/mol. The summed E-state index contributed by atoms with van der Waals surface area (Å²) in [6, 6.07) is 6.30. The Hall–Kier alpha value is -2.39. The number of carbonyl (C=O) groups excluding carboxylic acids is 2. The second kappa shape index (κ2) is 9.52. The van der Waals surface area contributed by atoms with Crippen molar-refractivity contribution in [3.8, 4) is 0 Å². The Balaban J connectivity index is 1.97. The number of nitrogens with zero attached hydrogens (tertiary/aromatic N) is 2. The van der Waals surface area contributed by atoms with Crippen molar-refractivity contribution in [1.29, 1.82) is 0 Å². The van der Waals surface area contributed by atoms with Crippen LogP contribution in [-0.4, -0.2) is 70.1 Å². The first-order chi connectivity index (χ1) is 12.9. The van der Waals surface area contributed by atoms with Crippen molar-refractivity contribution in [2.45, 2.75) is 18.2 Å². The number of nitrogens with one attached hydrogen (secondary N) is 1. The Kier molecular flexibility index (Phi) is 7.37. The van der Waals surface area contributed by atoms with Crippen molar-refractivity contribution >= 4 is 28.1 Å². The van der Waals surface area contributed by atoms with E-state index in [2.05, 4.69) is 4.72 Å². The van der Waals surface area contributed by atoms with E-state index in [0.717, 1.165) is 5.56 Å². The lowest BCUT2D eigenvalue weighted by Crippen LogP contribution is -2.36. The first-order valence-electron chi connectivity index (χ1n) is 8.77. The Morgan fingerprint density at radius 2 is 1.74 bits per heavy atom. The van der Waals surface area contributed by atoms with E-state index in [1.165, 1.54) is 25.3 Å². The second-order valence-electron chi connectivity index (χ2n) is 6.04. The zero-order chi connectivity index (χ0) is 19.9. The molecule has 0 bridgehead atoms. The van der Waals surface area contributed by atoms with Crippen LogP contribution in [0.1, 0.15) is 18.9 Å². The van der Waals surface area contributed by atoms with Gasteiger partial charge in [-0.3, -0.25) is 4.79 Å². The molecule has 1 aromatic rings. The van der Waals surface area contributed by atoms with Gasteiger partial charge in [-0.05, 0) is 30.2 Å². The number of carbonyl (C=O) groups is 2. The molecule has 1 saturated heterocycles. The fourth-order valence-electron chi connectivity index (χ4n) is 2.75. The lowest BCUT2D eigenvalue weighted by atomic mass is 10.2. The number of sulfonamides is 1. The highest BCUT2D eigenvalue weighted by Crippen LogP contribution is 2.12. The zero-order valence-electron chi connectivity index (χ0n) is 15.6. The predicted molar refractivity (Wildman–Crippen MR) is 102 cm³/mol. The zero-order valence-corrected chi connectivity index (χ0v) is 16.4. The predicted octanol–water partition coefficient (Wildman–Crippen LogP) is 1.30. The molecule has 1 aromatic carbocycles. The van der Waals surface area contributed by atoms with Crippen LogP contribution in [0, 0.1) is 0 Å². The summed E-state index contributed by atoms with van der Waals surface area (Å²) in [5.41, 5.74) is 0.727. The van der Waals surface area contributed by atoms with E-state index >= 15 is 0 Å². The van der Waals surface area contributed by atoms with Crippen molar-refractivity contribution in [2.75, 3.05) is 39.8 Å². The van der Waals surface area contributed by atoms with Gasteiger partial charge in [-0.15, -0.1) is 0 Å². The minimum atomic E-state index is -3.49. The summed E-state index contributed by atoms with van der Waals surface area (Å²) in [5.74, 6) is -0.147. The maximum Gasteiger partial charge on any atom is 0.409 e. The molecule has 1 aliphatic heterocycles. The van der Waals surface area contributed by atoms with E-state index in [0.29, 0.717) is 39.1 Å². The van der Waals surface area contributed by atoms with E-state index in [1.54, 1.807) is 34.9 Å². The van der Waals surface area contributed by atoms with Gasteiger partial charge in [0.2, 0.25) is 15.9 Å². The maximum atomic E-state index is 12.4. The highest BCUT2D eigenvalue weighted by atomic mass is 32.2. The number of benzene rings is 1. The smallest absolute Gasteiger partial charge is 0.409 e. The fraction of sp³-hybridized carbons (Fsp3) is 0.444. The number of amides is 2. The fourth-order valence-corrected chi connectivity index (χ4v) is 3.79. The van der Waals surface area contributed by atoms with Crippen molar-refractivity contribution in [1.82, 2.24) is 14.5 Å². The van der Waals surface area contributed by atoms with Gasteiger partial charge < -0.3 is 14.5 Å². The van der Waals surface area contributed by atoms with Crippen molar-refractivity contribution in [3.05, 3.63) is 35.9 Å². The molecule has 0 saturated carbocycles. The first-order valence-corrected chi connectivity index (χ1v) is 10.3. The summed E-state index contributed by atoms with van der Waals surface area (Å²) in [6.07, 6.45) is 3.41. The molecule has 1 fully saturated rings. The molecule has 8 nitrogen and oxygen atoms in total. The third-order valence-electron chi connectivity index (χ3n) is 4.18. The molecule has 1 heterocycles. The summed E-state index contributed by atoms with van der Waals surface area (Å²) >= 11 is 0. The SMILES string of the molecule is CCNS(=O)(=O)c1ccc(/C=C/C(=O)N2CCCN(C(=O)OC)CC2)cc1. The minimum Gasteiger partial charge on any atom is -0.453 e. The Morgan fingerprint density at radius 3 is 2.37 bits per heavy atom. The van der Waals surface area contributed by atoms with Crippen LogP contribution in [0.5, 0.6) is 0 Å². The van der Waals surface area contributed by atoms with E-state index in [-0.39, 0.29) is 16.9 Å². The molecule has 1 N–H and O–H groups in total. The van der Waals surface area contributed by atoms with Gasteiger partial charge in [0, 0.05) is 38.8 Å². The topological polar surface area (TPSA) is 96.0 Å². The molecule has 0 aromatic heterocycles. The van der Waals surface area contributed by atoms with Crippen LogP contribution in [0.15, 0.2) is 35.2 Å². The van der Waals surface area contributed by atoms with Crippen LogP contribution < -0.4 is 4.72 Å². The summed E-state index contributed by atoms with van der Waals surface area (Å²) < 4.78 is 31.0. The maximum absolute atomic E-state index is 12.4. The molecule has 0 spiro atoms. The molecule has 2 rings (SSSR count). The van der Waals surface area contributed by atoms with E-state index < -0.39 is 10.0 Å². The van der Waals surface area contributed by atoms with Crippen molar-refractivity contribution < 1.29 is 22.7 Å². The summed E-state index contributed by atoms with van der Waals surface area (Å²) in [6.45, 7) is 4.04. The lowest BCUT2D eigenvalue weighted by molar-refractivity contribution is -0.125. The van der Waals surface area contributed by atoms with E-state index in [4.69, 9.17) is 4.74 Å². The third-order valence-corrected chi connectivity index (χ3v) is 5.74. The number of ether oxygens (including phenoxy) is 1. The molecule has 27 heavy (non-hydrogen) atoms. The van der Waals surface area contributed by atoms with Gasteiger partial charge in [0.25, 0.3) is 0 Å². The molecule has 0 atom stereocenters. The van der Waals surface area contributed by atoms with Crippen LogP contribution in [-0.2, 0) is 19.6 Å². The highest BCUT2D eigenvalue weighted by molar-refractivity contribution is 7.89. The number of methoxy groups -OCH3 is 1. The summed E-state index contributed by atoms with van der Waals surface area (Å²) in [5, 5.41) is 0. The van der Waals surface area contributed by atoms with E-state index in [9.17, 15) is 18.0 Å². The molecule has 0 radical (unpaired) electrons. The van der Waals surface area contributed by atoms with Crippen LogP contribution >= 0.6 is 0 Å². The Labute approximate surface area is 159 Å². The Bertz CT molecular complexity index is 790. The third kappa shape index (κ3) is 5.80. The van der Waals surface area contributed by atoms with Gasteiger partial charge in [0.05, 0.1) is 12.0 Å². The Morgan fingerprint density at radius 1 is 1.11 bits per heavy atom. The van der Waals surface area contributed by atoms with Gasteiger partial charge >= 0.3 is 6.09 Å². The highest BCUT2D eigenvalue weighted by Gasteiger charge is 2.21. The van der Waals surface area contributed by atoms with Crippen LogP contribution in [0.25, 0.3) is 6.08 Å². The number of hydrogen-bond donors (Lipinski definition) is 1. The van der Waals surface area contributed by atoms with Gasteiger partial charge in [-0.2, -0.15) is 0 Å². The van der Waals surface area contributed by atoms with Gasteiger partial charge in [0.15, 0.2) is 0 Å². The molecular weight excluding hydrogens is 370 g/mol. The molecule has 0 aliphatic carbocycles.